The monoisotopic (exact) mass is 286 g/mol. The van der Waals surface area contributed by atoms with E-state index in [1.807, 2.05) is 37.4 Å². The Morgan fingerprint density at radius 3 is 2.95 bits per heavy atom. The van der Waals surface area contributed by atoms with E-state index in [1.165, 1.54) is 0 Å². The number of fused-ring (bicyclic) bond motifs is 1. The SMILES string of the molecule is CCOC1CC(NC(=O)c2cccc3[nH]ccc23)C1(C)C. The van der Waals surface area contributed by atoms with E-state index in [9.17, 15) is 4.79 Å². The van der Waals surface area contributed by atoms with Crippen LogP contribution in [-0.4, -0.2) is 29.6 Å². The molecular formula is C17H22N2O2. The smallest absolute Gasteiger partial charge is 0.252 e. The second-order valence-electron chi connectivity index (χ2n) is 6.27. The lowest BCUT2D eigenvalue weighted by molar-refractivity contribution is -0.111. The highest BCUT2D eigenvalue weighted by molar-refractivity contribution is 6.06. The van der Waals surface area contributed by atoms with Crippen LogP contribution in [0.1, 0.15) is 37.6 Å². The predicted octanol–water partition coefficient (Wildman–Crippen LogP) is 3.10. The van der Waals surface area contributed by atoms with E-state index in [0.29, 0.717) is 0 Å². The summed E-state index contributed by atoms with van der Waals surface area (Å²) in [5.41, 5.74) is 1.70. The number of hydrogen-bond donors (Lipinski definition) is 2. The lowest BCUT2D eigenvalue weighted by atomic mass is 9.64. The second kappa shape index (κ2) is 5.19. The minimum Gasteiger partial charge on any atom is -0.378 e. The van der Waals surface area contributed by atoms with Crippen LogP contribution in [0.5, 0.6) is 0 Å². The Bertz CT molecular complexity index is 660. The van der Waals surface area contributed by atoms with Gasteiger partial charge >= 0.3 is 0 Å². The molecule has 112 valence electrons. The van der Waals surface area contributed by atoms with E-state index in [0.717, 1.165) is 29.5 Å². The summed E-state index contributed by atoms with van der Waals surface area (Å²) in [6.07, 6.45) is 2.98. The Morgan fingerprint density at radius 2 is 2.24 bits per heavy atom. The summed E-state index contributed by atoms with van der Waals surface area (Å²) in [5.74, 6) is -0.00627. The van der Waals surface area contributed by atoms with Gasteiger partial charge in [0.25, 0.3) is 5.91 Å². The van der Waals surface area contributed by atoms with Crippen molar-refractivity contribution >= 4 is 16.8 Å². The average molecular weight is 286 g/mol. The van der Waals surface area contributed by atoms with Gasteiger partial charge in [-0.25, -0.2) is 0 Å². The first kappa shape index (κ1) is 14.1. The van der Waals surface area contributed by atoms with Crippen molar-refractivity contribution in [1.29, 1.82) is 0 Å². The van der Waals surface area contributed by atoms with Crippen molar-refractivity contribution in [2.75, 3.05) is 6.61 Å². The third-order valence-corrected chi connectivity index (χ3v) is 4.69. The van der Waals surface area contributed by atoms with E-state index in [4.69, 9.17) is 4.74 Å². The largest absolute Gasteiger partial charge is 0.378 e. The second-order valence-corrected chi connectivity index (χ2v) is 6.27. The van der Waals surface area contributed by atoms with Crippen LogP contribution in [0.2, 0.25) is 0 Å². The summed E-state index contributed by atoms with van der Waals surface area (Å²) >= 11 is 0. The molecule has 0 bridgehead atoms. The number of nitrogens with one attached hydrogen (secondary N) is 2. The summed E-state index contributed by atoms with van der Waals surface area (Å²) in [7, 11) is 0. The van der Waals surface area contributed by atoms with Crippen molar-refractivity contribution in [1.82, 2.24) is 10.3 Å². The van der Waals surface area contributed by atoms with Crippen LogP contribution in [0.3, 0.4) is 0 Å². The fourth-order valence-electron chi connectivity index (χ4n) is 3.13. The highest BCUT2D eigenvalue weighted by Crippen LogP contribution is 2.42. The number of aromatic amines is 1. The maximum Gasteiger partial charge on any atom is 0.252 e. The zero-order valence-electron chi connectivity index (χ0n) is 12.8. The van der Waals surface area contributed by atoms with Gasteiger partial charge in [0.15, 0.2) is 0 Å². The molecule has 4 heteroatoms. The lowest BCUT2D eigenvalue weighted by Gasteiger charge is -2.51. The Morgan fingerprint density at radius 1 is 1.43 bits per heavy atom. The normalized spacial score (nSPS) is 23.8. The summed E-state index contributed by atoms with van der Waals surface area (Å²) in [4.78, 5) is 15.7. The van der Waals surface area contributed by atoms with Gasteiger partial charge in [-0.05, 0) is 31.5 Å². The number of ether oxygens (including phenoxy) is 1. The van der Waals surface area contributed by atoms with E-state index in [-0.39, 0.29) is 23.5 Å². The highest BCUT2D eigenvalue weighted by atomic mass is 16.5. The zero-order chi connectivity index (χ0) is 15.0. The van der Waals surface area contributed by atoms with Crippen molar-refractivity contribution in [3.05, 3.63) is 36.0 Å². The molecule has 4 nitrogen and oxygen atoms in total. The Labute approximate surface area is 124 Å². The topological polar surface area (TPSA) is 54.1 Å². The van der Waals surface area contributed by atoms with Gasteiger partial charge in [0, 0.05) is 40.7 Å². The number of aromatic nitrogens is 1. The van der Waals surface area contributed by atoms with Crippen LogP contribution in [0.4, 0.5) is 0 Å². The molecule has 1 heterocycles. The van der Waals surface area contributed by atoms with Crippen LogP contribution in [0.15, 0.2) is 30.5 Å². The number of hydrogen-bond acceptors (Lipinski definition) is 2. The predicted molar refractivity (Wildman–Crippen MR) is 83.4 cm³/mol. The summed E-state index contributed by atoms with van der Waals surface area (Å²) in [6.45, 7) is 7.03. The maximum atomic E-state index is 12.5. The molecule has 0 radical (unpaired) electrons. The minimum absolute atomic E-state index is 0.00627. The number of H-pyrrole nitrogens is 1. The summed E-state index contributed by atoms with van der Waals surface area (Å²) in [5, 5.41) is 4.13. The number of benzene rings is 1. The highest BCUT2D eigenvalue weighted by Gasteiger charge is 2.49. The molecule has 3 rings (SSSR count). The fraction of sp³-hybridized carbons (Fsp3) is 0.471. The third-order valence-electron chi connectivity index (χ3n) is 4.69. The number of amides is 1. The van der Waals surface area contributed by atoms with Crippen LogP contribution in [0, 0.1) is 5.41 Å². The number of rotatable bonds is 4. The van der Waals surface area contributed by atoms with Crippen LogP contribution in [-0.2, 0) is 4.74 Å². The molecule has 2 aromatic rings. The lowest BCUT2D eigenvalue weighted by Crippen LogP contribution is -2.62. The van der Waals surface area contributed by atoms with Crippen molar-refractivity contribution in [3.63, 3.8) is 0 Å². The maximum absolute atomic E-state index is 12.5. The first-order valence-electron chi connectivity index (χ1n) is 7.52. The standard InChI is InChI=1S/C17H22N2O2/c1-4-21-15-10-14(17(15,2)3)19-16(20)12-6-5-7-13-11(12)8-9-18-13/h5-9,14-15,18H,4,10H2,1-3H3,(H,19,20). The fourth-order valence-corrected chi connectivity index (χ4v) is 3.13. The molecule has 0 saturated heterocycles. The van der Waals surface area contributed by atoms with Gasteiger partial charge in [-0.2, -0.15) is 0 Å². The van der Waals surface area contributed by atoms with Gasteiger partial charge in [0.2, 0.25) is 0 Å². The van der Waals surface area contributed by atoms with E-state index in [1.54, 1.807) is 0 Å². The Kier molecular flexibility index (Phi) is 3.49. The number of carbonyl (C=O) groups is 1. The van der Waals surface area contributed by atoms with Crippen molar-refractivity contribution in [2.45, 2.75) is 39.3 Å². The molecule has 1 aliphatic carbocycles. The zero-order valence-corrected chi connectivity index (χ0v) is 12.8. The van der Waals surface area contributed by atoms with E-state index in [2.05, 4.69) is 24.1 Å². The molecule has 0 aliphatic heterocycles. The summed E-state index contributed by atoms with van der Waals surface area (Å²) < 4.78 is 5.71. The molecule has 2 unspecified atom stereocenters. The molecule has 21 heavy (non-hydrogen) atoms. The molecule has 1 amide bonds. The average Bonchev–Trinajstić information content (AvgIpc) is 2.94. The first-order chi connectivity index (χ1) is 10.0. The van der Waals surface area contributed by atoms with Gasteiger partial charge in [-0.3, -0.25) is 4.79 Å². The van der Waals surface area contributed by atoms with Gasteiger partial charge in [0.05, 0.1) is 6.10 Å². The van der Waals surface area contributed by atoms with Crippen molar-refractivity contribution in [3.8, 4) is 0 Å². The van der Waals surface area contributed by atoms with Gasteiger partial charge < -0.3 is 15.0 Å². The van der Waals surface area contributed by atoms with E-state index < -0.39 is 0 Å². The quantitative estimate of drug-likeness (QED) is 0.907. The Balaban J connectivity index is 1.75. The molecule has 0 spiro atoms. The molecule has 1 aromatic heterocycles. The first-order valence-corrected chi connectivity index (χ1v) is 7.52. The third kappa shape index (κ3) is 2.33. The molecular weight excluding hydrogens is 264 g/mol. The molecule has 1 aromatic carbocycles. The van der Waals surface area contributed by atoms with Crippen LogP contribution < -0.4 is 5.32 Å². The minimum atomic E-state index is -0.0162. The molecule has 1 saturated carbocycles. The van der Waals surface area contributed by atoms with Crippen molar-refractivity contribution in [2.24, 2.45) is 5.41 Å². The van der Waals surface area contributed by atoms with E-state index >= 15 is 0 Å². The van der Waals surface area contributed by atoms with Gasteiger partial charge in [0.1, 0.15) is 0 Å². The number of carbonyl (C=O) groups excluding carboxylic acids is 1. The molecule has 1 aliphatic rings. The van der Waals surface area contributed by atoms with Crippen LogP contribution in [0.25, 0.3) is 10.9 Å². The van der Waals surface area contributed by atoms with Crippen LogP contribution >= 0.6 is 0 Å². The molecule has 2 N–H and O–H groups in total. The molecule has 1 fully saturated rings. The Hall–Kier alpha value is -1.81. The summed E-state index contributed by atoms with van der Waals surface area (Å²) in [6, 6.07) is 7.86. The van der Waals surface area contributed by atoms with Gasteiger partial charge in [-0.15, -0.1) is 0 Å². The van der Waals surface area contributed by atoms with Gasteiger partial charge in [-0.1, -0.05) is 19.9 Å². The molecule has 2 atom stereocenters. The van der Waals surface area contributed by atoms with Crippen molar-refractivity contribution < 1.29 is 9.53 Å².